The van der Waals surface area contributed by atoms with Gasteiger partial charge in [-0.15, -0.1) is 0 Å². The minimum absolute atomic E-state index is 0.0144. The Labute approximate surface area is 433 Å². The maximum absolute atomic E-state index is 6.88. The third-order valence-corrected chi connectivity index (χ3v) is 17.9. The summed E-state index contributed by atoms with van der Waals surface area (Å²) in [6.07, 6.45) is 4.74. The van der Waals surface area contributed by atoms with Crippen molar-refractivity contribution in [1.82, 2.24) is 0 Å². The highest BCUT2D eigenvalue weighted by Crippen LogP contribution is 2.62. The summed E-state index contributed by atoms with van der Waals surface area (Å²) in [6.45, 7) is 26.0. The van der Waals surface area contributed by atoms with Crippen LogP contribution in [0.4, 0.5) is 45.5 Å². The van der Waals surface area contributed by atoms with Crippen molar-refractivity contribution in [2.24, 2.45) is 0 Å². The van der Waals surface area contributed by atoms with Crippen LogP contribution in [0.2, 0.25) is 0 Å². The maximum Gasteiger partial charge on any atom is 0.252 e. The Morgan fingerprint density at radius 1 is 0.452 bits per heavy atom. The van der Waals surface area contributed by atoms with E-state index >= 15 is 0 Å². The lowest BCUT2D eigenvalue weighted by Crippen LogP contribution is -2.61. The Morgan fingerprint density at radius 3 is 1.78 bits per heavy atom. The van der Waals surface area contributed by atoms with Crippen LogP contribution in [0.3, 0.4) is 0 Å². The number of fused-ring (bicyclic) bond motifs is 10. The second-order valence-corrected chi connectivity index (χ2v) is 25.3. The molecule has 8 aromatic carbocycles. The number of furan rings is 1. The smallest absolute Gasteiger partial charge is 0.252 e. The Kier molecular flexibility index (Phi) is 9.90. The molecule has 364 valence electrons. The number of hydrogen-bond donors (Lipinski definition) is 0. The fourth-order valence-corrected chi connectivity index (χ4v) is 13.6. The normalized spacial score (nSPS) is 19.2. The number of hydrogen-bond acceptors (Lipinski definition) is 4. The molecule has 3 aliphatic heterocycles. The first kappa shape index (κ1) is 45.9. The summed E-state index contributed by atoms with van der Waals surface area (Å²) in [5.41, 5.74) is 23.0. The van der Waals surface area contributed by atoms with Gasteiger partial charge in [0.05, 0.1) is 11.2 Å². The Hall–Kier alpha value is -6.98. The van der Waals surface area contributed by atoms with Gasteiger partial charge in [0.25, 0.3) is 6.71 Å². The van der Waals surface area contributed by atoms with Crippen LogP contribution in [0.15, 0.2) is 168 Å². The first-order valence-corrected chi connectivity index (χ1v) is 26.9. The Morgan fingerprint density at radius 2 is 1.05 bits per heavy atom. The fourth-order valence-electron chi connectivity index (χ4n) is 13.6. The highest BCUT2D eigenvalue weighted by molar-refractivity contribution is 7.00. The maximum atomic E-state index is 6.88. The topological polar surface area (TPSA) is 22.9 Å². The summed E-state index contributed by atoms with van der Waals surface area (Å²) < 4.78 is 6.88. The monoisotopic (exact) mass is 954 g/mol. The van der Waals surface area contributed by atoms with Gasteiger partial charge < -0.3 is 19.1 Å². The van der Waals surface area contributed by atoms with Crippen molar-refractivity contribution in [3.05, 3.63) is 186 Å². The first-order chi connectivity index (χ1) is 34.8. The number of benzene rings is 8. The standard InChI is InChI=1S/C68H68BN3O/c1-64(2,3)44-27-31-47(32-28-44)70-57-34-30-46(66(7,8)9)38-53(57)69-54-42-62-51(49-23-15-18-26-61(49)73-62)41-58(54)71(55-33-29-45(65(4,5)6)37-50(55)43-21-13-12-14-22-43)60-40-48(39-59(70)63(60)69)72-56-25-17-16-24-52(56)67(10)35-19-20-36-68(67,72)11/h12-18,21-34,37-42H,19-20,35-36H2,1-11H3. The largest absolute Gasteiger partial charge is 0.456 e. The first-order valence-electron chi connectivity index (χ1n) is 26.9. The predicted octanol–water partition coefficient (Wildman–Crippen LogP) is 17.0. The molecule has 4 heterocycles. The van der Waals surface area contributed by atoms with Crippen molar-refractivity contribution in [2.45, 2.75) is 129 Å². The third kappa shape index (κ3) is 6.79. The van der Waals surface area contributed by atoms with Crippen molar-refractivity contribution in [3.63, 3.8) is 0 Å². The van der Waals surface area contributed by atoms with E-state index in [9.17, 15) is 0 Å². The molecule has 1 saturated carbocycles. The van der Waals surface area contributed by atoms with Crippen LogP contribution in [-0.2, 0) is 21.7 Å². The highest BCUT2D eigenvalue weighted by atomic mass is 16.3. The van der Waals surface area contributed by atoms with Gasteiger partial charge in [0.1, 0.15) is 11.2 Å². The summed E-state index contributed by atoms with van der Waals surface area (Å²) in [6, 6.07) is 63.1. The highest BCUT2D eigenvalue weighted by Gasteiger charge is 2.58. The minimum atomic E-state index is -0.147. The van der Waals surface area contributed by atoms with Crippen LogP contribution in [0.1, 0.15) is 124 Å². The molecule has 1 fully saturated rings. The molecular formula is C68H68BN3O. The molecule has 0 amide bonds. The molecule has 1 aromatic heterocycles. The molecule has 1 aliphatic carbocycles. The van der Waals surface area contributed by atoms with E-state index in [-0.39, 0.29) is 33.9 Å². The van der Waals surface area contributed by atoms with Crippen molar-refractivity contribution in [1.29, 1.82) is 0 Å². The number of rotatable bonds is 4. The van der Waals surface area contributed by atoms with Crippen LogP contribution in [0.5, 0.6) is 0 Å². The second-order valence-electron chi connectivity index (χ2n) is 25.3. The molecule has 13 rings (SSSR count). The van der Waals surface area contributed by atoms with Gasteiger partial charge in [0.2, 0.25) is 0 Å². The third-order valence-electron chi connectivity index (χ3n) is 17.9. The SMILES string of the molecule is CC(C)(C)c1ccc(N2c3ccc(C(C)(C)C)cc3B3c4cc5oc6ccccc6c5cc4N(c4ccc(C(C)(C)C)cc4-c4ccccc4)c4cc(N5c6ccccc6C6(C)CCCCC56C)cc2c43)cc1. The van der Waals surface area contributed by atoms with Crippen LogP contribution in [0.25, 0.3) is 33.1 Å². The van der Waals surface area contributed by atoms with Gasteiger partial charge in [-0.25, -0.2) is 0 Å². The van der Waals surface area contributed by atoms with E-state index in [1.54, 1.807) is 0 Å². The van der Waals surface area contributed by atoms with Gasteiger partial charge >= 0.3 is 0 Å². The van der Waals surface area contributed by atoms with E-state index in [0.717, 1.165) is 39.7 Å². The van der Waals surface area contributed by atoms with Crippen molar-refractivity contribution >= 4 is 90.5 Å². The van der Waals surface area contributed by atoms with Crippen LogP contribution < -0.4 is 31.1 Å². The van der Waals surface area contributed by atoms with Crippen molar-refractivity contribution in [2.75, 3.05) is 14.7 Å². The van der Waals surface area contributed by atoms with Gasteiger partial charge in [-0.1, -0.05) is 179 Å². The molecule has 73 heavy (non-hydrogen) atoms. The van der Waals surface area contributed by atoms with E-state index in [1.165, 1.54) is 103 Å². The van der Waals surface area contributed by atoms with E-state index in [0.29, 0.717) is 0 Å². The van der Waals surface area contributed by atoms with Crippen LogP contribution in [-0.4, -0.2) is 12.3 Å². The second kappa shape index (κ2) is 15.8. The van der Waals surface area contributed by atoms with Gasteiger partial charge in [-0.05, 0) is 147 Å². The van der Waals surface area contributed by atoms with Gasteiger partial charge in [-0.3, -0.25) is 0 Å². The van der Waals surface area contributed by atoms with Crippen LogP contribution in [0, 0.1) is 0 Å². The molecular weight excluding hydrogens is 886 g/mol. The van der Waals surface area contributed by atoms with E-state index in [4.69, 9.17) is 4.42 Å². The molecule has 2 atom stereocenters. The molecule has 2 unspecified atom stereocenters. The fraction of sp³-hybridized carbons (Fsp3) is 0.294. The molecule has 0 spiro atoms. The summed E-state index contributed by atoms with van der Waals surface area (Å²) >= 11 is 0. The van der Waals surface area contributed by atoms with Gasteiger partial charge in [0.15, 0.2) is 0 Å². The average molecular weight is 954 g/mol. The molecule has 9 aromatic rings. The van der Waals surface area contributed by atoms with E-state index in [1.807, 2.05) is 0 Å². The lowest BCUT2D eigenvalue weighted by Gasteiger charge is -2.51. The van der Waals surface area contributed by atoms with Crippen molar-refractivity contribution < 1.29 is 4.42 Å². The lowest BCUT2D eigenvalue weighted by atomic mass is 9.33. The molecule has 0 N–H and O–H groups in total. The van der Waals surface area contributed by atoms with Crippen molar-refractivity contribution in [3.8, 4) is 11.1 Å². The number of anilines is 8. The number of para-hydroxylation sites is 2. The summed E-state index contributed by atoms with van der Waals surface area (Å²) in [4.78, 5) is 8.06. The Balaban J connectivity index is 1.20. The summed E-state index contributed by atoms with van der Waals surface area (Å²) in [5, 5.41) is 2.26. The minimum Gasteiger partial charge on any atom is -0.456 e. The number of nitrogens with zero attached hydrogens (tertiary/aromatic N) is 3. The van der Waals surface area contributed by atoms with E-state index < -0.39 is 0 Å². The molecule has 0 radical (unpaired) electrons. The molecule has 4 aliphatic rings. The average Bonchev–Trinajstić information content (AvgIpc) is 3.84. The zero-order valence-electron chi connectivity index (χ0n) is 44.7. The summed E-state index contributed by atoms with van der Waals surface area (Å²) in [7, 11) is 0. The molecule has 5 heteroatoms. The molecule has 0 saturated heterocycles. The summed E-state index contributed by atoms with van der Waals surface area (Å²) in [5.74, 6) is 0. The molecule has 4 nitrogen and oxygen atoms in total. The van der Waals surface area contributed by atoms with E-state index in [2.05, 4.69) is 255 Å². The van der Waals surface area contributed by atoms with Crippen LogP contribution >= 0.6 is 0 Å². The lowest BCUT2D eigenvalue weighted by molar-refractivity contribution is 0.195. The predicted molar refractivity (Wildman–Crippen MR) is 312 cm³/mol. The van der Waals surface area contributed by atoms with Gasteiger partial charge in [-0.2, -0.15) is 0 Å². The van der Waals surface area contributed by atoms with Gasteiger partial charge in [0, 0.05) is 61.6 Å². The zero-order chi connectivity index (χ0) is 50.6. The molecule has 0 bridgehead atoms. The Bertz CT molecular complexity index is 3700. The quantitative estimate of drug-likeness (QED) is 0.164. The zero-order valence-corrected chi connectivity index (χ0v) is 44.7.